The molecular weight excluding hydrogens is 152 g/mol. The van der Waals surface area contributed by atoms with Gasteiger partial charge in [0.05, 0.1) is 0 Å². The summed E-state index contributed by atoms with van der Waals surface area (Å²) < 4.78 is 0. The van der Waals surface area contributed by atoms with Gasteiger partial charge in [-0.3, -0.25) is 4.79 Å². The van der Waals surface area contributed by atoms with Crippen LogP contribution in [0, 0.1) is 5.92 Å². The first-order valence-corrected chi connectivity index (χ1v) is 4.59. The average Bonchev–Trinajstić information content (AvgIpc) is 1.98. The van der Waals surface area contributed by atoms with Crippen molar-refractivity contribution in [3.63, 3.8) is 0 Å². The van der Waals surface area contributed by atoms with Gasteiger partial charge in [-0.05, 0) is 20.4 Å². The standard InChI is InChI=1S/C9H20N2O/c1-5-10-6-8(4)9(12)11-7(2)3/h7-8,10H,5-6H2,1-4H3,(H,11,12). The maximum absolute atomic E-state index is 11.3. The molecule has 0 aliphatic carbocycles. The highest BCUT2D eigenvalue weighted by Gasteiger charge is 2.11. The van der Waals surface area contributed by atoms with Crippen LogP contribution < -0.4 is 10.6 Å². The lowest BCUT2D eigenvalue weighted by molar-refractivity contribution is -0.124. The molecule has 72 valence electrons. The molecular formula is C9H20N2O. The van der Waals surface area contributed by atoms with Crippen molar-refractivity contribution in [3.8, 4) is 0 Å². The molecule has 0 rings (SSSR count). The zero-order valence-corrected chi connectivity index (χ0v) is 8.48. The Morgan fingerprint density at radius 2 is 1.92 bits per heavy atom. The molecule has 1 unspecified atom stereocenters. The molecule has 0 aliphatic rings. The summed E-state index contributed by atoms with van der Waals surface area (Å²) in [6, 6.07) is 0.238. The van der Waals surface area contributed by atoms with E-state index in [9.17, 15) is 4.79 Å². The third-order valence-electron chi connectivity index (χ3n) is 1.58. The Kier molecular flexibility index (Phi) is 5.72. The van der Waals surface area contributed by atoms with Gasteiger partial charge in [0.15, 0.2) is 0 Å². The fourth-order valence-electron chi connectivity index (χ4n) is 0.880. The van der Waals surface area contributed by atoms with Gasteiger partial charge in [0.1, 0.15) is 0 Å². The highest BCUT2D eigenvalue weighted by molar-refractivity contribution is 5.78. The number of carbonyl (C=O) groups is 1. The van der Waals surface area contributed by atoms with Crippen molar-refractivity contribution >= 4 is 5.91 Å². The molecule has 1 amide bonds. The fourth-order valence-corrected chi connectivity index (χ4v) is 0.880. The molecule has 2 N–H and O–H groups in total. The lowest BCUT2D eigenvalue weighted by atomic mass is 10.1. The third-order valence-corrected chi connectivity index (χ3v) is 1.58. The van der Waals surface area contributed by atoms with Gasteiger partial charge in [-0.1, -0.05) is 13.8 Å². The molecule has 0 saturated heterocycles. The van der Waals surface area contributed by atoms with E-state index in [2.05, 4.69) is 10.6 Å². The normalized spacial score (nSPS) is 13.1. The van der Waals surface area contributed by atoms with Gasteiger partial charge in [-0.2, -0.15) is 0 Å². The van der Waals surface area contributed by atoms with Crippen LogP contribution in [0.1, 0.15) is 27.7 Å². The number of nitrogens with one attached hydrogen (secondary N) is 2. The van der Waals surface area contributed by atoms with E-state index in [1.54, 1.807) is 0 Å². The summed E-state index contributed by atoms with van der Waals surface area (Å²) in [5.41, 5.74) is 0. The van der Waals surface area contributed by atoms with Crippen LogP contribution in [0.25, 0.3) is 0 Å². The molecule has 1 atom stereocenters. The molecule has 0 aromatic carbocycles. The summed E-state index contributed by atoms with van der Waals surface area (Å²) in [6.45, 7) is 9.58. The van der Waals surface area contributed by atoms with E-state index in [1.165, 1.54) is 0 Å². The van der Waals surface area contributed by atoms with Crippen molar-refractivity contribution in [2.24, 2.45) is 5.92 Å². The van der Waals surface area contributed by atoms with Crippen LogP contribution in [0.15, 0.2) is 0 Å². The summed E-state index contributed by atoms with van der Waals surface area (Å²) in [7, 11) is 0. The second-order valence-corrected chi connectivity index (χ2v) is 3.37. The number of rotatable bonds is 5. The van der Waals surface area contributed by atoms with Gasteiger partial charge in [0.25, 0.3) is 0 Å². The first-order chi connectivity index (χ1) is 5.57. The van der Waals surface area contributed by atoms with Crippen LogP contribution in [0.3, 0.4) is 0 Å². The topological polar surface area (TPSA) is 41.1 Å². The van der Waals surface area contributed by atoms with Crippen LogP contribution >= 0.6 is 0 Å². The fraction of sp³-hybridized carbons (Fsp3) is 0.889. The minimum absolute atomic E-state index is 0.0624. The summed E-state index contributed by atoms with van der Waals surface area (Å²) >= 11 is 0. The Balaban J connectivity index is 3.61. The van der Waals surface area contributed by atoms with Crippen LogP contribution in [-0.2, 0) is 4.79 Å². The number of amides is 1. The van der Waals surface area contributed by atoms with E-state index in [1.807, 2.05) is 27.7 Å². The number of hydrogen-bond acceptors (Lipinski definition) is 2. The third kappa shape index (κ3) is 5.13. The SMILES string of the molecule is CCNCC(C)C(=O)NC(C)C. The first kappa shape index (κ1) is 11.4. The largest absolute Gasteiger partial charge is 0.354 e. The summed E-state index contributed by atoms with van der Waals surface area (Å²) in [6.07, 6.45) is 0. The van der Waals surface area contributed by atoms with E-state index in [-0.39, 0.29) is 17.9 Å². The highest BCUT2D eigenvalue weighted by Crippen LogP contribution is 1.93. The van der Waals surface area contributed by atoms with Crippen molar-refractivity contribution in [2.75, 3.05) is 13.1 Å². The van der Waals surface area contributed by atoms with Crippen LogP contribution in [0.5, 0.6) is 0 Å². The Hall–Kier alpha value is -0.570. The van der Waals surface area contributed by atoms with E-state index in [0.29, 0.717) is 0 Å². The monoisotopic (exact) mass is 172 g/mol. The Bertz CT molecular complexity index is 134. The zero-order valence-electron chi connectivity index (χ0n) is 8.48. The maximum atomic E-state index is 11.3. The van der Waals surface area contributed by atoms with Crippen molar-refractivity contribution in [1.29, 1.82) is 0 Å². The van der Waals surface area contributed by atoms with Crippen LogP contribution in [-0.4, -0.2) is 25.0 Å². The zero-order chi connectivity index (χ0) is 9.56. The quantitative estimate of drug-likeness (QED) is 0.642. The van der Waals surface area contributed by atoms with Gasteiger partial charge in [-0.25, -0.2) is 0 Å². The maximum Gasteiger partial charge on any atom is 0.224 e. The summed E-state index contributed by atoms with van der Waals surface area (Å²) in [5.74, 6) is 0.193. The molecule has 12 heavy (non-hydrogen) atoms. The number of carbonyl (C=O) groups excluding carboxylic acids is 1. The minimum Gasteiger partial charge on any atom is -0.354 e. The molecule has 0 aromatic heterocycles. The van der Waals surface area contributed by atoms with Gasteiger partial charge in [0, 0.05) is 18.5 Å². The second kappa shape index (κ2) is 6.00. The second-order valence-electron chi connectivity index (χ2n) is 3.37. The Morgan fingerprint density at radius 3 is 2.33 bits per heavy atom. The average molecular weight is 172 g/mol. The van der Waals surface area contributed by atoms with Gasteiger partial charge in [-0.15, -0.1) is 0 Å². The predicted molar refractivity (Wildman–Crippen MR) is 51.0 cm³/mol. The lowest BCUT2D eigenvalue weighted by Crippen LogP contribution is -2.38. The van der Waals surface area contributed by atoms with Crippen molar-refractivity contribution in [2.45, 2.75) is 33.7 Å². The van der Waals surface area contributed by atoms with E-state index >= 15 is 0 Å². The lowest BCUT2D eigenvalue weighted by Gasteiger charge is -2.14. The molecule has 3 heteroatoms. The van der Waals surface area contributed by atoms with Crippen molar-refractivity contribution in [3.05, 3.63) is 0 Å². The molecule has 3 nitrogen and oxygen atoms in total. The Morgan fingerprint density at radius 1 is 1.33 bits per heavy atom. The summed E-state index contributed by atoms with van der Waals surface area (Å²) in [5, 5.41) is 6.01. The molecule has 0 aliphatic heterocycles. The molecule has 0 fully saturated rings. The van der Waals surface area contributed by atoms with Crippen LogP contribution in [0.2, 0.25) is 0 Å². The van der Waals surface area contributed by atoms with Gasteiger partial charge in [0.2, 0.25) is 5.91 Å². The molecule has 0 spiro atoms. The molecule has 0 bridgehead atoms. The van der Waals surface area contributed by atoms with Gasteiger partial charge >= 0.3 is 0 Å². The van der Waals surface area contributed by atoms with E-state index in [4.69, 9.17) is 0 Å². The van der Waals surface area contributed by atoms with E-state index < -0.39 is 0 Å². The van der Waals surface area contributed by atoms with E-state index in [0.717, 1.165) is 13.1 Å². The predicted octanol–water partition coefficient (Wildman–Crippen LogP) is 0.757. The molecule has 0 aromatic rings. The molecule has 0 saturated carbocycles. The molecule has 0 heterocycles. The van der Waals surface area contributed by atoms with Crippen molar-refractivity contribution in [1.82, 2.24) is 10.6 Å². The van der Waals surface area contributed by atoms with Crippen molar-refractivity contribution < 1.29 is 4.79 Å². The first-order valence-electron chi connectivity index (χ1n) is 4.59. The minimum atomic E-state index is 0.0624. The Labute approximate surface area is 74.9 Å². The van der Waals surface area contributed by atoms with Crippen LogP contribution in [0.4, 0.5) is 0 Å². The highest BCUT2D eigenvalue weighted by atomic mass is 16.1. The molecule has 0 radical (unpaired) electrons. The summed E-state index contributed by atoms with van der Waals surface area (Å²) in [4.78, 5) is 11.3. The van der Waals surface area contributed by atoms with Gasteiger partial charge < -0.3 is 10.6 Å². The number of hydrogen-bond donors (Lipinski definition) is 2. The smallest absolute Gasteiger partial charge is 0.224 e.